The Labute approximate surface area is 256 Å². The van der Waals surface area contributed by atoms with E-state index in [0.717, 1.165) is 43.2 Å². The van der Waals surface area contributed by atoms with Crippen LogP contribution in [0.3, 0.4) is 0 Å². The minimum Gasteiger partial charge on any atom is -0.457 e. The second kappa shape index (κ2) is 11.7. The largest absolute Gasteiger partial charge is 0.457 e. The highest BCUT2D eigenvalue weighted by Gasteiger charge is 2.59. The number of ether oxygens (including phenoxy) is 4. The Kier molecular flexibility index (Phi) is 8.21. The molecule has 0 bridgehead atoms. The standard InChI is InChI=1S/C34H45NO7Si/c1-33(2,3)43(4,5)38-22-26-31(42-34(41-26)19-13-8-14-20-34)30-25(21-27(36)39-30)35-28(23-15-9-6-10-16-23)29(40-32(35)37)24-17-11-7-12-18-24/h6-7,9-12,15-18,25-26,28-31H,8,13-14,19-22H2,1-5H3/t25-,26+,28-,29+,30+,31-/m1/s1. The summed E-state index contributed by atoms with van der Waals surface area (Å²) in [7, 11) is -2.10. The molecule has 1 spiro atoms. The Hall–Kier alpha value is -2.72. The topological polar surface area (TPSA) is 83.5 Å². The zero-order valence-corrected chi connectivity index (χ0v) is 27.0. The Morgan fingerprint density at radius 2 is 1.49 bits per heavy atom. The van der Waals surface area contributed by atoms with E-state index in [1.807, 2.05) is 60.7 Å². The van der Waals surface area contributed by atoms with Gasteiger partial charge in [-0.05, 0) is 42.1 Å². The maximum absolute atomic E-state index is 13.8. The second-order valence-corrected chi connectivity index (χ2v) is 18.8. The monoisotopic (exact) mass is 607 g/mol. The van der Waals surface area contributed by atoms with Gasteiger partial charge in [0.25, 0.3) is 0 Å². The first-order valence-electron chi connectivity index (χ1n) is 15.8. The molecule has 9 heteroatoms. The second-order valence-electron chi connectivity index (χ2n) is 14.0. The predicted molar refractivity (Wildman–Crippen MR) is 164 cm³/mol. The van der Waals surface area contributed by atoms with E-state index in [1.54, 1.807) is 4.90 Å². The summed E-state index contributed by atoms with van der Waals surface area (Å²) in [6, 6.07) is 18.6. The molecule has 4 aliphatic rings. The number of hydrogen-bond acceptors (Lipinski definition) is 7. The van der Waals surface area contributed by atoms with Gasteiger partial charge in [0.2, 0.25) is 0 Å². The van der Waals surface area contributed by atoms with Crippen LogP contribution in [0.2, 0.25) is 18.1 Å². The minimum atomic E-state index is -2.10. The summed E-state index contributed by atoms with van der Waals surface area (Å²) < 4.78 is 32.4. The molecule has 1 saturated carbocycles. The van der Waals surface area contributed by atoms with Gasteiger partial charge in [0.05, 0.1) is 19.1 Å². The van der Waals surface area contributed by atoms with Gasteiger partial charge in [0, 0.05) is 12.8 Å². The number of carbonyl (C=O) groups excluding carboxylic acids is 2. The third kappa shape index (κ3) is 5.89. The molecule has 4 fully saturated rings. The summed E-state index contributed by atoms with van der Waals surface area (Å²) in [5.41, 5.74) is 1.83. The first-order chi connectivity index (χ1) is 20.5. The Balaban J connectivity index is 1.34. The molecule has 1 amide bonds. The maximum atomic E-state index is 13.8. The van der Waals surface area contributed by atoms with Crippen LogP contribution in [0, 0.1) is 0 Å². The number of carbonyl (C=O) groups is 2. The molecule has 6 atom stereocenters. The Bertz CT molecular complexity index is 1290. The van der Waals surface area contributed by atoms with E-state index in [9.17, 15) is 9.59 Å². The van der Waals surface area contributed by atoms with E-state index in [1.165, 1.54) is 0 Å². The van der Waals surface area contributed by atoms with Crippen LogP contribution in [-0.2, 0) is 28.2 Å². The van der Waals surface area contributed by atoms with Crippen LogP contribution in [0.5, 0.6) is 0 Å². The molecule has 2 aromatic rings. The van der Waals surface area contributed by atoms with Gasteiger partial charge in [-0.1, -0.05) is 87.9 Å². The first kappa shape index (κ1) is 30.3. The lowest BCUT2D eigenvalue weighted by Crippen LogP contribution is -2.52. The molecule has 3 saturated heterocycles. The Morgan fingerprint density at radius 3 is 2.12 bits per heavy atom. The van der Waals surface area contributed by atoms with Crippen molar-refractivity contribution in [3.05, 3.63) is 71.8 Å². The quantitative estimate of drug-likeness (QED) is 0.246. The average Bonchev–Trinajstić information content (AvgIpc) is 3.65. The summed E-state index contributed by atoms with van der Waals surface area (Å²) in [6.07, 6.45) is 2.12. The number of benzene rings is 2. The molecular weight excluding hydrogens is 562 g/mol. The molecule has 8 nitrogen and oxygen atoms in total. The third-order valence-electron chi connectivity index (χ3n) is 10.1. The molecule has 2 aromatic carbocycles. The van der Waals surface area contributed by atoms with Crippen LogP contribution in [-0.4, -0.2) is 62.0 Å². The molecule has 0 radical (unpaired) electrons. The lowest BCUT2D eigenvalue weighted by atomic mass is 9.92. The van der Waals surface area contributed by atoms with E-state index in [0.29, 0.717) is 6.61 Å². The number of nitrogens with zero attached hydrogens (tertiary/aromatic N) is 1. The van der Waals surface area contributed by atoms with E-state index >= 15 is 0 Å². The van der Waals surface area contributed by atoms with Gasteiger partial charge in [-0.25, -0.2) is 4.79 Å². The fourth-order valence-corrected chi connectivity index (χ4v) is 7.77. The number of amides is 1. The average molecular weight is 608 g/mol. The number of cyclic esters (lactones) is 2. The number of hydrogen-bond donors (Lipinski definition) is 0. The molecule has 3 heterocycles. The van der Waals surface area contributed by atoms with Gasteiger partial charge in [-0.2, -0.15) is 0 Å². The van der Waals surface area contributed by atoms with E-state index in [4.69, 9.17) is 23.4 Å². The van der Waals surface area contributed by atoms with Crippen molar-refractivity contribution >= 4 is 20.4 Å². The van der Waals surface area contributed by atoms with Gasteiger partial charge in [0.15, 0.2) is 26.3 Å². The Morgan fingerprint density at radius 1 is 0.860 bits per heavy atom. The lowest BCUT2D eigenvalue weighted by Gasteiger charge is -2.38. The fraction of sp³-hybridized carbons (Fsp3) is 0.588. The zero-order valence-electron chi connectivity index (χ0n) is 26.0. The lowest BCUT2D eigenvalue weighted by molar-refractivity contribution is -0.203. The molecule has 1 aliphatic carbocycles. The fourth-order valence-electron chi connectivity index (χ4n) is 6.76. The van der Waals surface area contributed by atoms with Crippen molar-refractivity contribution < 1.29 is 33.0 Å². The third-order valence-corrected chi connectivity index (χ3v) is 14.6. The molecule has 0 unspecified atom stereocenters. The van der Waals surface area contributed by atoms with Crippen molar-refractivity contribution in [2.45, 2.75) is 120 Å². The molecule has 0 N–H and O–H groups in total. The van der Waals surface area contributed by atoms with Crippen molar-refractivity contribution in [1.29, 1.82) is 0 Å². The van der Waals surface area contributed by atoms with Crippen molar-refractivity contribution in [3.63, 3.8) is 0 Å². The highest BCUT2D eigenvalue weighted by atomic mass is 28.4. The first-order valence-corrected chi connectivity index (χ1v) is 18.7. The molecule has 3 aliphatic heterocycles. The van der Waals surface area contributed by atoms with Crippen LogP contribution in [0.4, 0.5) is 4.79 Å². The number of esters is 1. The summed E-state index contributed by atoms with van der Waals surface area (Å²) in [5, 5.41) is 0.0293. The van der Waals surface area contributed by atoms with Gasteiger partial charge >= 0.3 is 12.1 Å². The predicted octanol–water partition coefficient (Wildman–Crippen LogP) is 7.07. The maximum Gasteiger partial charge on any atom is 0.411 e. The van der Waals surface area contributed by atoms with Crippen molar-refractivity contribution in [3.8, 4) is 0 Å². The molecule has 232 valence electrons. The SMILES string of the molecule is CC(C)(C)[Si](C)(C)OC[C@@H]1OC2(CCCCC2)O[C@H]1[C@H]1OC(=O)C[C@H]1N1C(=O)O[C@@H](c2ccccc2)[C@H]1c1ccccc1. The summed E-state index contributed by atoms with van der Waals surface area (Å²) in [4.78, 5) is 28.6. The molecule has 43 heavy (non-hydrogen) atoms. The number of rotatable bonds is 7. The van der Waals surface area contributed by atoms with Gasteiger partial charge in [-0.3, -0.25) is 9.69 Å². The van der Waals surface area contributed by atoms with Gasteiger partial charge in [-0.15, -0.1) is 0 Å². The highest BCUT2D eigenvalue weighted by molar-refractivity contribution is 6.74. The molecule has 6 rings (SSSR count). The van der Waals surface area contributed by atoms with Crippen molar-refractivity contribution in [1.82, 2.24) is 4.90 Å². The van der Waals surface area contributed by atoms with Crippen LogP contribution in [0.15, 0.2) is 60.7 Å². The molecule has 0 aromatic heterocycles. The molecular formula is C34H45NO7Si. The van der Waals surface area contributed by atoms with Crippen LogP contribution >= 0.6 is 0 Å². The summed E-state index contributed by atoms with van der Waals surface area (Å²) in [5.74, 6) is -1.07. The highest BCUT2D eigenvalue weighted by Crippen LogP contribution is 2.49. The van der Waals surface area contributed by atoms with Gasteiger partial charge in [0.1, 0.15) is 18.2 Å². The van der Waals surface area contributed by atoms with Crippen LogP contribution in [0.25, 0.3) is 0 Å². The van der Waals surface area contributed by atoms with E-state index < -0.39 is 56.7 Å². The normalized spacial score (nSPS) is 31.0. The van der Waals surface area contributed by atoms with Crippen molar-refractivity contribution in [2.75, 3.05) is 6.61 Å². The smallest absolute Gasteiger partial charge is 0.411 e. The summed E-state index contributed by atoms with van der Waals surface area (Å²) >= 11 is 0. The van der Waals surface area contributed by atoms with Crippen LogP contribution in [0.1, 0.15) is 82.6 Å². The van der Waals surface area contributed by atoms with E-state index in [-0.39, 0.29) is 17.4 Å². The van der Waals surface area contributed by atoms with Crippen LogP contribution < -0.4 is 0 Å². The van der Waals surface area contributed by atoms with Gasteiger partial charge < -0.3 is 23.4 Å². The van der Waals surface area contributed by atoms with Crippen molar-refractivity contribution in [2.24, 2.45) is 0 Å². The van der Waals surface area contributed by atoms with E-state index in [2.05, 4.69) is 33.9 Å². The zero-order chi connectivity index (χ0) is 30.4. The minimum absolute atomic E-state index is 0.0293. The summed E-state index contributed by atoms with van der Waals surface area (Å²) in [6.45, 7) is 11.4.